The Hall–Kier alpha value is -5.32. The Morgan fingerprint density at radius 1 is 0.927 bits per heavy atom. The molecule has 0 saturated carbocycles. The second-order valence-corrected chi connectivity index (χ2v) is 9.48. The molecule has 1 aromatic heterocycles. The first-order valence-corrected chi connectivity index (χ1v) is 12.4. The van der Waals surface area contributed by atoms with Crippen molar-refractivity contribution in [2.24, 2.45) is 0 Å². The summed E-state index contributed by atoms with van der Waals surface area (Å²) in [5.41, 5.74) is 3.86. The molecule has 8 nitrogen and oxygen atoms in total. The third kappa shape index (κ3) is 5.55. The fraction of sp³-hybridized carbons (Fsp3) is 0.100. The van der Waals surface area contributed by atoms with Crippen LogP contribution in [-0.2, 0) is 11.0 Å². The highest BCUT2D eigenvalue weighted by molar-refractivity contribution is 6.35. The summed E-state index contributed by atoms with van der Waals surface area (Å²) in [5, 5.41) is 18.1. The molecule has 0 unspecified atom stereocenters. The Balaban J connectivity index is 1.34. The van der Waals surface area contributed by atoms with Crippen LogP contribution in [0.3, 0.4) is 0 Å². The van der Waals surface area contributed by atoms with Crippen LogP contribution in [0.2, 0.25) is 0 Å². The first-order valence-electron chi connectivity index (χ1n) is 12.4. The molecule has 0 spiro atoms. The number of H-pyrrole nitrogens is 1. The van der Waals surface area contributed by atoms with Crippen molar-refractivity contribution in [3.05, 3.63) is 106 Å². The Bertz CT molecular complexity index is 1750. The standard InChI is InChI=1S/C30H23F3N4O4/c1-15-24(34-16(2)26(15)29(40)41)14-23-22-10-9-21(13-25(22)37-28(23)39)35-19-7-4-8-20(12-19)36-27(38)17-5-3-6-18(11-17)30(31,32)33/h3-14,34-35H,1-2H3,(H,36,38)(H,37,39)(H,40,41)/b23-14-. The van der Waals surface area contributed by atoms with Gasteiger partial charge >= 0.3 is 12.1 Å². The van der Waals surface area contributed by atoms with E-state index in [-0.39, 0.29) is 17.0 Å². The fourth-order valence-corrected chi connectivity index (χ4v) is 4.68. The number of aryl methyl sites for hydroxylation is 1. The molecule has 0 radical (unpaired) electrons. The van der Waals surface area contributed by atoms with Gasteiger partial charge in [-0.2, -0.15) is 13.2 Å². The summed E-state index contributed by atoms with van der Waals surface area (Å²) in [4.78, 5) is 39.9. The van der Waals surface area contributed by atoms with Crippen LogP contribution >= 0.6 is 0 Å². The number of anilines is 4. The van der Waals surface area contributed by atoms with Crippen LogP contribution in [0.5, 0.6) is 0 Å². The van der Waals surface area contributed by atoms with Crippen LogP contribution in [0.25, 0.3) is 11.6 Å². The number of nitrogens with one attached hydrogen (secondary N) is 4. The highest BCUT2D eigenvalue weighted by Gasteiger charge is 2.31. The zero-order chi connectivity index (χ0) is 29.5. The van der Waals surface area contributed by atoms with E-state index < -0.39 is 23.6 Å². The molecule has 2 heterocycles. The second kappa shape index (κ2) is 10.3. The minimum Gasteiger partial charge on any atom is -0.478 e. The molecule has 5 N–H and O–H groups in total. The molecule has 1 aliphatic heterocycles. The van der Waals surface area contributed by atoms with Crippen LogP contribution in [-0.4, -0.2) is 27.9 Å². The highest BCUT2D eigenvalue weighted by atomic mass is 19.4. The Morgan fingerprint density at radius 2 is 1.63 bits per heavy atom. The smallest absolute Gasteiger partial charge is 0.416 e. The molecule has 0 bridgehead atoms. The summed E-state index contributed by atoms with van der Waals surface area (Å²) in [6, 6.07) is 16.1. The number of rotatable bonds is 6. The van der Waals surface area contributed by atoms with Crippen molar-refractivity contribution in [2.75, 3.05) is 16.0 Å². The molecule has 11 heteroatoms. The van der Waals surface area contributed by atoms with Gasteiger partial charge in [-0.3, -0.25) is 9.59 Å². The maximum Gasteiger partial charge on any atom is 0.416 e. The SMILES string of the molecule is Cc1[nH]c(/C=C2\C(=O)Nc3cc(Nc4cccc(NC(=O)c5cccc(C(F)(F)F)c5)c4)ccc32)c(C)c1C(=O)O. The zero-order valence-electron chi connectivity index (χ0n) is 21.7. The van der Waals surface area contributed by atoms with E-state index in [0.29, 0.717) is 50.8 Å². The molecule has 3 aromatic carbocycles. The van der Waals surface area contributed by atoms with Crippen molar-refractivity contribution >= 4 is 52.2 Å². The van der Waals surface area contributed by atoms with Crippen LogP contribution in [0.4, 0.5) is 35.9 Å². The van der Waals surface area contributed by atoms with Crippen molar-refractivity contribution in [1.82, 2.24) is 4.98 Å². The minimum atomic E-state index is -4.56. The monoisotopic (exact) mass is 560 g/mol. The van der Waals surface area contributed by atoms with Crippen LogP contribution in [0.1, 0.15) is 48.8 Å². The van der Waals surface area contributed by atoms with E-state index in [0.717, 1.165) is 12.1 Å². The highest BCUT2D eigenvalue weighted by Crippen LogP contribution is 2.37. The molecule has 1 aliphatic rings. The second-order valence-electron chi connectivity index (χ2n) is 9.48. The van der Waals surface area contributed by atoms with Gasteiger partial charge in [0, 0.05) is 39.6 Å². The normalized spacial score (nSPS) is 13.6. The molecule has 208 valence electrons. The molecule has 4 aromatic rings. The zero-order valence-corrected chi connectivity index (χ0v) is 21.7. The number of hydrogen-bond acceptors (Lipinski definition) is 4. The number of amides is 2. The number of aromatic nitrogens is 1. The molecule has 0 fully saturated rings. The average molecular weight is 561 g/mol. The number of aromatic carboxylic acids is 1. The Morgan fingerprint density at radius 3 is 2.34 bits per heavy atom. The summed E-state index contributed by atoms with van der Waals surface area (Å²) in [6.07, 6.45) is -2.94. The lowest BCUT2D eigenvalue weighted by Crippen LogP contribution is -2.14. The predicted molar refractivity (Wildman–Crippen MR) is 149 cm³/mol. The molecular weight excluding hydrogens is 537 g/mol. The number of carbonyl (C=O) groups excluding carboxylic acids is 2. The lowest BCUT2D eigenvalue weighted by molar-refractivity contribution is -0.137. The summed E-state index contributed by atoms with van der Waals surface area (Å²) in [6.45, 7) is 3.33. The van der Waals surface area contributed by atoms with Gasteiger partial charge in [0.05, 0.1) is 22.4 Å². The van der Waals surface area contributed by atoms with Crippen molar-refractivity contribution in [1.29, 1.82) is 0 Å². The summed E-state index contributed by atoms with van der Waals surface area (Å²) < 4.78 is 39.0. The van der Waals surface area contributed by atoms with Crippen molar-refractivity contribution in [2.45, 2.75) is 20.0 Å². The van der Waals surface area contributed by atoms with Crippen molar-refractivity contribution in [3.63, 3.8) is 0 Å². The van der Waals surface area contributed by atoms with Gasteiger partial charge in [-0.05, 0) is 74.0 Å². The lowest BCUT2D eigenvalue weighted by atomic mass is 10.0. The quantitative estimate of drug-likeness (QED) is 0.165. The Labute approximate surface area is 231 Å². The number of carboxylic acids is 1. The van der Waals surface area contributed by atoms with Crippen LogP contribution < -0.4 is 16.0 Å². The van der Waals surface area contributed by atoms with Crippen LogP contribution in [0.15, 0.2) is 66.7 Å². The van der Waals surface area contributed by atoms with E-state index in [1.807, 2.05) is 0 Å². The van der Waals surface area contributed by atoms with Gasteiger partial charge in [0.25, 0.3) is 11.8 Å². The number of benzene rings is 3. The molecule has 0 atom stereocenters. The molecule has 41 heavy (non-hydrogen) atoms. The largest absolute Gasteiger partial charge is 0.478 e. The van der Waals surface area contributed by atoms with Crippen molar-refractivity contribution < 1.29 is 32.7 Å². The van der Waals surface area contributed by atoms with E-state index in [2.05, 4.69) is 20.9 Å². The molecule has 2 amide bonds. The minimum absolute atomic E-state index is 0.125. The number of carbonyl (C=O) groups is 3. The number of carboxylic acid groups (broad SMARTS) is 1. The average Bonchev–Trinajstić information content (AvgIpc) is 3.37. The number of hydrogen-bond donors (Lipinski definition) is 5. The summed E-state index contributed by atoms with van der Waals surface area (Å²) in [7, 11) is 0. The number of halogens is 3. The summed E-state index contributed by atoms with van der Waals surface area (Å²) >= 11 is 0. The van der Waals surface area contributed by atoms with Crippen molar-refractivity contribution in [3.8, 4) is 0 Å². The first-order chi connectivity index (χ1) is 19.4. The van der Waals surface area contributed by atoms with Gasteiger partial charge in [-0.1, -0.05) is 18.2 Å². The Kier molecular flexibility index (Phi) is 6.87. The molecule has 5 rings (SSSR count). The van der Waals surface area contributed by atoms with Gasteiger partial charge in [-0.25, -0.2) is 4.79 Å². The molecular formula is C30H23F3N4O4. The van der Waals surface area contributed by atoms with E-state index in [1.54, 1.807) is 62.4 Å². The number of aromatic amines is 1. The first kappa shape index (κ1) is 27.3. The van der Waals surface area contributed by atoms with Crippen LogP contribution in [0, 0.1) is 13.8 Å². The number of fused-ring (bicyclic) bond motifs is 1. The third-order valence-electron chi connectivity index (χ3n) is 6.64. The van der Waals surface area contributed by atoms with Gasteiger partial charge < -0.3 is 26.0 Å². The van der Waals surface area contributed by atoms with E-state index in [1.165, 1.54) is 12.1 Å². The fourth-order valence-electron chi connectivity index (χ4n) is 4.68. The maximum absolute atomic E-state index is 13.0. The maximum atomic E-state index is 13.0. The van der Waals surface area contributed by atoms with E-state index >= 15 is 0 Å². The third-order valence-corrected chi connectivity index (χ3v) is 6.64. The van der Waals surface area contributed by atoms with Gasteiger partial charge in [-0.15, -0.1) is 0 Å². The van der Waals surface area contributed by atoms with E-state index in [9.17, 15) is 32.7 Å². The molecule has 0 saturated heterocycles. The lowest BCUT2D eigenvalue weighted by Gasteiger charge is -2.12. The van der Waals surface area contributed by atoms with E-state index in [4.69, 9.17) is 0 Å². The topological polar surface area (TPSA) is 123 Å². The number of alkyl halides is 3. The van der Waals surface area contributed by atoms with Gasteiger partial charge in [0.1, 0.15) is 0 Å². The molecule has 0 aliphatic carbocycles. The predicted octanol–water partition coefficient (Wildman–Crippen LogP) is 6.84. The van der Waals surface area contributed by atoms with Gasteiger partial charge in [0.2, 0.25) is 0 Å². The summed E-state index contributed by atoms with van der Waals surface area (Å²) in [5.74, 6) is -2.07. The van der Waals surface area contributed by atoms with Gasteiger partial charge in [0.15, 0.2) is 0 Å².